The van der Waals surface area contributed by atoms with Crippen molar-refractivity contribution in [2.45, 2.75) is 45.1 Å². The summed E-state index contributed by atoms with van der Waals surface area (Å²) in [6.07, 6.45) is 8.31. The van der Waals surface area contributed by atoms with Crippen LogP contribution in [0.5, 0.6) is 0 Å². The fourth-order valence-corrected chi connectivity index (χ4v) is 3.59. The molecule has 0 unspecified atom stereocenters. The molecule has 0 amide bonds. The van der Waals surface area contributed by atoms with Crippen LogP contribution in [0.15, 0.2) is 6.33 Å². The summed E-state index contributed by atoms with van der Waals surface area (Å²) in [7, 11) is 1.93. The van der Waals surface area contributed by atoms with E-state index in [-0.39, 0.29) is 0 Å². The smallest absolute Gasteiger partial charge is 0.168 e. The molecule has 3 rings (SSSR count). The predicted molar refractivity (Wildman–Crippen MR) is 77.5 cm³/mol. The average molecular weight is 277 g/mol. The largest absolute Gasteiger partial charge is 0.378 e. The molecule has 2 aromatic rings. The number of aryl methyl sites for hydroxylation is 1. The highest BCUT2D eigenvalue weighted by Gasteiger charge is 2.23. The Bertz CT molecular complexity index is 553. The van der Waals surface area contributed by atoms with E-state index >= 15 is 0 Å². The van der Waals surface area contributed by atoms with Crippen molar-refractivity contribution in [3.8, 4) is 11.4 Å². The van der Waals surface area contributed by atoms with Gasteiger partial charge in [0.05, 0.1) is 11.3 Å². The molecule has 1 aliphatic carbocycles. The van der Waals surface area contributed by atoms with E-state index in [0.29, 0.717) is 6.04 Å². The molecule has 2 heterocycles. The standard InChI is InChI=1S/C13H19N5S/c1-9-11(13(14-2)19-17-9)12-16-15-8-18(12)10-6-4-3-5-7-10/h8,10,14H,3-7H2,1-2H3. The number of anilines is 1. The first-order chi connectivity index (χ1) is 9.31. The Morgan fingerprint density at radius 3 is 2.84 bits per heavy atom. The molecule has 102 valence electrons. The molecular weight excluding hydrogens is 258 g/mol. The van der Waals surface area contributed by atoms with Crippen LogP contribution in [0.25, 0.3) is 11.4 Å². The molecule has 0 spiro atoms. The highest BCUT2D eigenvalue weighted by molar-refractivity contribution is 7.10. The molecule has 0 bridgehead atoms. The van der Waals surface area contributed by atoms with Crippen molar-refractivity contribution in [3.05, 3.63) is 12.0 Å². The molecule has 0 aliphatic heterocycles. The molecule has 0 aromatic carbocycles. The van der Waals surface area contributed by atoms with Gasteiger partial charge in [-0.3, -0.25) is 0 Å². The minimum atomic E-state index is 0.544. The zero-order valence-electron chi connectivity index (χ0n) is 11.4. The Morgan fingerprint density at radius 2 is 2.11 bits per heavy atom. The molecular formula is C13H19N5S. The molecule has 1 saturated carbocycles. The summed E-state index contributed by atoms with van der Waals surface area (Å²) in [5.41, 5.74) is 2.13. The lowest BCUT2D eigenvalue weighted by atomic mass is 9.95. The maximum absolute atomic E-state index is 4.43. The van der Waals surface area contributed by atoms with Crippen molar-refractivity contribution in [2.75, 3.05) is 12.4 Å². The van der Waals surface area contributed by atoms with E-state index in [1.54, 1.807) is 0 Å². The highest BCUT2D eigenvalue weighted by atomic mass is 32.1. The van der Waals surface area contributed by atoms with Crippen molar-refractivity contribution < 1.29 is 0 Å². The maximum atomic E-state index is 4.43. The van der Waals surface area contributed by atoms with E-state index < -0.39 is 0 Å². The molecule has 19 heavy (non-hydrogen) atoms. The van der Waals surface area contributed by atoms with Crippen molar-refractivity contribution in [1.29, 1.82) is 0 Å². The first-order valence-electron chi connectivity index (χ1n) is 6.85. The minimum absolute atomic E-state index is 0.544. The quantitative estimate of drug-likeness (QED) is 0.935. The van der Waals surface area contributed by atoms with E-state index in [2.05, 4.69) is 24.5 Å². The predicted octanol–water partition coefficient (Wildman–Crippen LogP) is 3.26. The Kier molecular flexibility index (Phi) is 3.50. The number of rotatable bonds is 3. The second-order valence-electron chi connectivity index (χ2n) is 5.08. The van der Waals surface area contributed by atoms with E-state index in [1.165, 1.54) is 43.6 Å². The van der Waals surface area contributed by atoms with Crippen molar-refractivity contribution in [3.63, 3.8) is 0 Å². The second kappa shape index (κ2) is 5.28. The summed E-state index contributed by atoms with van der Waals surface area (Å²) < 4.78 is 6.67. The van der Waals surface area contributed by atoms with Crippen LogP contribution in [0, 0.1) is 6.92 Å². The first kappa shape index (κ1) is 12.6. The zero-order chi connectivity index (χ0) is 13.2. The zero-order valence-corrected chi connectivity index (χ0v) is 12.2. The summed E-state index contributed by atoms with van der Waals surface area (Å²) in [4.78, 5) is 0. The van der Waals surface area contributed by atoms with Crippen LogP contribution >= 0.6 is 11.5 Å². The Balaban J connectivity index is 2.01. The van der Waals surface area contributed by atoms with Gasteiger partial charge in [0, 0.05) is 13.1 Å². The van der Waals surface area contributed by atoms with Gasteiger partial charge in [-0.2, -0.15) is 4.37 Å². The van der Waals surface area contributed by atoms with Gasteiger partial charge in [0.25, 0.3) is 0 Å². The number of aromatic nitrogens is 4. The fraction of sp³-hybridized carbons (Fsp3) is 0.615. The van der Waals surface area contributed by atoms with Crippen molar-refractivity contribution in [2.24, 2.45) is 0 Å². The second-order valence-corrected chi connectivity index (χ2v) is 5.85. The van der Waals surface area contributed by atoms with Gasteiger partial charge >= 0.3 is 0 Å². The van der Waals surface area contributed by atoms with E-state index in [0.717, 1.165) is 22.1 Å². The third kappa shape index (κ3) is 2.25. The summed E-state index contributed by atoms with van der Waals surface area (Å²) in [5, 5.41) is 12.8. The summed E-state index contributed by atoms with van der Waals surface area (Å²) >= 11 is 1.49. The van der Waals surface area contributed by atoms with Crippen molar-refractivity contribution in [1.82, 2.24) is 19.1 Å². The van der Waals surface area contributed by atoms with Crippen LogP contribution in [0.4, 0.5) is 5.00 Å². The molecule has 2 aromatic heterocycles. The number of nitrogens with one attached hydrogen (secondary N) is 1. The Hall–Kier alpha value is -1.43. The van der Waals surface area contributed by atoms with Crippen LogP contribution in [0.3, 0.4) is 0 Å². The molecule has 1 fully saturated rings. The first-order valence-corrected chi connectivity index (χ1v) is 7.62. The topological polar surface area (TPSA) is 55.6 Å². The minimum Gasteiger partial charge on any atom is -0.378 e. The summed E-state index contributed by atoms with van der Waals surface area (Å²) in [6.45, 7) is 2.03. The number of nitrogens with zero attached hydrogens (tertiary/aromatic N) is 4. The SMILES string of the molecule is CNc1snc(C)c1-c1nncn1C1CCCCC1. The maximum Gasteiger partial charge on any atom is 0.168 e. The normalized spacial score (nSPS) is 16.7. The molecule has 6 heteroatoms. The molecule has 0 radical (unpaired) electrons. The monoisotopic (exact) mass is 277 g/mol. The summed E-state index contributed by atoms with van der Waals surface area (Å²) in [6, 6.07) is 0.544. The number of hydrogen-bond acceptors (Lipinski definition) is 5. The molecule has 5 nitrogen and oxygen atoms in total. The van der Waals surface area contributed by atoms with Gasteiger partial charge in [0.2, 0.25) is 0 Å². The third-order valence-corrected chi connectivity index (χ3v) is 4.81. The van der Waals surface area contributed by atoms with Crippen LogP contribution in [-0.2, 0) is 0 Å². The summed E-state index contributed by atoms with van der Waals surface area (Å²) in [5.74, 6) is 0.961. The molecule has 0 saturated heterocycles. The number of hydrogen-bond donors (Lipinski definition) is 1. The van der Waals surface area contributed by atoms with Gasteiger partial charge in [-0.05, 0) is 31.3 Å². The third-order valence-electron chi connectivity index (χ3n) is 3.85. The fourth-order valence-electron chi connectivity index (χ4n) is 2.85. The van der Waals surface area contributed by atoms with Crippen molar-refractivity contribution >= 4 is 16.5 Å². The highest BCUT2D eigenvalue weighted by Crippen LogP contribution is 2.36. The molecule has 0 atom stereocenters. The van der Waals surface area contributed by atoms with E-state index in [4.69, 9.17) is 0 Å². The Labute approximate surface area is 117 Å². The lowest BCUT2D eigenvalue weighted by Crippen LogP contribution is -2.13. The Morgan fingerprint density at radius 1 is 1.32 bits per heavy atom. The van der Waals surface area contributed by atoms with Gasteiger partial charge < -0.3 is 9.88 Å². The van der Waals surface area contributed by atoms with Gasteiger partial charge in [-0.15, -0.1) is 10.2 Å². The van der Waals surface area contributed by atoms with Gasteiger partial charge in [-0.1, -0.05) is 19.3 Å². The lowest BCUT2D eigenvalue weighted by molar-refractivity contribution is 0.355. The van der Waals surface area contributed by atoms with Crippen LogP contribution < -0.4 is 5.32 Å². The van der Waals surface area contributed by atoms with Gasteiger partial charge in [0.15, 0.2) is 5.82 Å². The van der Waals surface area contributed by atoms with Crippen LogP contribution in [-0.4, -0.2) is 26.2 Å². The molecule has 1 N–H and O–H groups in total. The van der Waals surface area contributed by atoms with E-state index in [9.17, 15) is 0 Å². The van der Waals surface area contributed by atoms with Gasteiger partial charge in [-0.25, -0.2) is 0 Å². The van der Waals surface area contributed by atoms with Crippen LogP contribution in [0.2, 0.25) is 0 Å². The lowest BCUT2D eigenvalue weighted by Gasteiger charge is -2.24. The molecule has 1 aliphatic rings. The van der Waals surface area contributed by atoms with Crippen LogP contribution in [0.1, 0.15) is 43.8 Å². The average Bonchev–Trinajstić information content (AvgIpc) is 3.05. The van der Waals surface area contributed by atoms with E-state index in [1.807, 2.05) is 20.3 Å². The van der Waals surface area contributed by atoms with Gasteiger partial charge in [0.1, 0.15) is 11.3 Å².